The van der Waals surface area contributed by atoms with Crippen molar-refractivity contribution in [1.29, 1.82) is 0 Å². The molecular formula is C11H9NO3. The van der Waals surface area contributed by atoms with E-state index >= 15 is 0 Å². The number of benzene rings is 1. The Labute approximate surface area is 86.8 Å². The molecule has 1 aliphatic heterocycles. The van der Waals surface area contributed by atoms with Gasteiger partial charge in [0.15, 0.2) is 0 Å². The maximum atomic E-state index is 11.1. The van der Waals surface area contributed by atoms with Crippen LogP contribution in [0.15, 0.2) is 41.5 Å². The van der Waals surface area contributed by atoms with Crippen molar-refractivity contribution in [2.24, 2.45) is 4.99 Å². The van der Waals surface area contributed by atoms with Crippen LogP contribution in [0.5, 0.6) is 5.75 Å². The van der Waals surface area contributed by atoms with Gasteiger partial charge in [0.25, 0.3) is 0 Å². The van der Waals surface area contributed by atoms with E-state index in [4.69, 9.17) is 9.47 Å². The van der Waals surface area contributed by atoms with E-state index in [0.717, 1.165) is 0 Å². The van der Waals surface area contributed by atoms with E-state index in [2.05, 4.69) is 11.6 Å². The zero-order valence-corrected chi connectivity index (χ0v) is 8.19. The summed E-state index contributed by atoms with van der Waals surface area (Å²) in [5, 5.41) is 0. The number of hydrogen-bond donors (Lipinski definition) is 0. The van der Waals surface area contributed by atoms with Crippen LogP contribution >= 0.6 is 0 Å². The van der Waals surface area contributed by atoms with E-state index in [-0.39, 0.29) is 11.6 Å². The fraction of sp³-hybridized carbons (Fsp3) is 0.0909. The Kier molecular flexibility index (Phi) is 2.25. The quantitative estimate of drug-likeness (QED) is 0.540. The van der Waals surface area contributed by atoms with Gasteiger partial charge in [0, 0.05) is 0 Å². The molecule has 4 heteroatoms. The molecule has 1 heterocycles. The Balaban J connectivity index is 2.43. The molecule has 0 aliphatic carbocycles. The predicted octanol–water partition coefficient (Wildman–Crippen LogP) is 1.51. The molecule has 0 aromatic heterocycles. The van der Waals surface area contributed by atoms with Crippen molar-refractivity contribution in [3.8, 4) is 5.75 Å². The van der Waals surface area contributed by atoms with E-state index in [1.807, 2.05) is 12.1 Å². The molecule has 15 heavy (non-hydrogen) atoms. The molecule has 0 radical (unpaired) electrons. The first-order valence-electron chi connectivity index (χ1n) is 4.35. The Morgan fingerprint density at radius 2 is 2.13 bits per heavy atom. The lowest BCUT2D eigenvalue weighted by Gasteiger charge is -2.05. The molecule has 76 valence electrons. The van der Waals surface area contributed by atoms with Crippen molar-refractivity contribution in [2.75, 3.05) is 7.11 Å². The fourth-order valence-electron chi connectivity index (χ4n) is 1.27. The van der Waals surface area contributed by atoms with Gasteiger partial charge >= 0.3 is 5.97 Å². The maximum absolute atomic E-state index is 11.1. The van der Waals surface area contributed by atoms with Crippen LogP contribution in [0.25, 0.3) is 0 Å². The number of para-hydroxylation sites is 1. The Hall–Kier alpha value is -2.10. The van der Waals surface area contributed by atoms with Crippen LogP contribution < -0.4 is 4.74 Å². The summed E-state index contributed by atoms with van der Waals surface area (Å²) in [7, 11) is 1.55. The van der Waals surface area contributed by atoms with Crippen LogP contribution in [-0.2, 0) is 9.53 Å². The minimum Gasteiger partial charge on any atom is -0.496 e. The minimum atomic E-state index is -0.518. The number of carbonyl (C=O) groups is 1. The third kappa shape index (κ3) is 1.61. The van der Waals surface area contributed by atoms with Gasteiger partial charge in [-0.3, -0.25) is 0 Å². The molecule has 1 aliphatic rings. The summed E-state index contributed by atoms with van der Waals surface area (Å²) in [5.41, 5.74) is 0.753. The first-order valence-corrected chi connectivity index (χ1v) is 4.35. The number of methoxy groups -OCH3 is 1. The highest BCUT2D eigenvalue weighted by Crippen LogP contribution is 2.22. The minimum absolute atomic E-state index is 0.107. The molecule has 0 saturated heterocycles. The molecule has 0 saturated carbocycles. The third-order valence-corrected chi connectivity index (χ3v) is 2.00. The largest absolute Gasteiger partial charge is 0.496 e. The Morgan fingerprint density at radius 3 is 2.73 bits per heavy atom. The van der Waals surface area contributed by atoms with E-state index in [1.54, 1.807) is 19.2 Å². The highest BCUT2D eigenvalue weighted by atomic mass is 16.6. The smallest absolute Gasteiger partial charge is 0.363 e. The number of rotatable bonds is 2. The number of hydrogen-bond acceptors (Lipinski definition) is 4. The van der Waals surface area contributed by atoms with Crippen LogP contribution in [-0.4, -0.2) is 19.0 Å². The zero-order valence-electron chi connectivity index (χ0n) is 8.19. The lowest BCUT2D eigenvalue weighted by atomic mass is 10.2. The molecule has 2 rings (SSSR count). The molecule has 1 aromatic carbocycles. The van der Waals surface area contributed by atoms with Crippen molar-refractivity contribution in [3.05, 3.63) is 42.1 Å². The first kappa shape index (κ1) is 9.45. The van der Waals surface area contributed by atoms with E-state index < -0.39 is 5.97 Å². The maximum Gasteiger partial charge on any atom is 0.363 e. The number of carbonyl (C=O) groups excluding carboxylic acids is 1. The van der Waals surface area contributed by atoms with Gasteiger partial charge in [0.2, 0.25) is 5.90 Å². The molecule has 1 aromatic rings. The van der Waals surface area contributed by atoms with Gasteiger partial charge in [-0.25, -0.2) is 9.79 Å². The van der Waals surface area contributed by atoms with Gasteiger partial charge in [-0.1, -0.05) is 18.7 Å². The summed E-state index contributed by atoms with van der Waals surface area (Å²) in [6.45, 7) is 3.46. The predicted molar refractivity (Wildman–Crippen MR) is 54.8 cm³/mol. The SMILES string of the molecule is C=C1N=C(c2ccccc2OC)OC1=O. The number of cyclic esters (lactones) is 1. The fourth-order valence-corrected chi connectivity index (χ4v) is 1.27. The number of ether oxygens (including phenoxy) is 2. The van der Waals surface area contributed by atoms with Crippen LogP contribution in [0.2, 0.25) is 0 Å². The molecule has 0 fully saturated rings. The molecule has 0 amide bonds. The summed E-state index contributed by atoms with van der Waals surface area (Å²) < 4.78 is 10.1. The normalized spacial score (nSPS) is 14.9. The van der Waals surface area contributed by atoms with Gasteiger partial charge in [0.05, 0.1) is 12.7 Å². The summed E-state index contributed by atoms with van der Waals surface area (Å²) in [5.74, 6) is 0.331. The summed E-state index contributed by atoms with van der Waals surface area (Å²) in [4.78, 5) is 15.0. The lowest BCUT2D eigenvalue weighted by molar-refractivity contribution is -0.129. The van der Waals surface area contributed by atoms with Crippen molar-refractivity contribution in [2.45, 2.75) is 0 Å². The van der Waals surface area contributed by atoms with Crippen molar-refractivity contribution >= 4 is 11.9 Å². The highest BCUT2D eigenvalue weighted by Gasteiger charge is 2.24. The Morgan fingerprint density at radius 1 is 1.40 bits per heavy atom. The first-order chi connectivity index (χ1) is 7.22. The molecule has 4 nitrogen and oxygen atoms in total. The van der Waals surface area contributed by atoms with Gasteiger partial charge in [0.1, 0.15) is 11.4 Å². The molecule has 0 spiro atoms. The van der Waals surface area contributed by atoms with Crippen LogP contribution in [0.4, 0.5) is 0 Å². The van der Waals surface area contributed by atoms with Gasteiger partial charge in [-0.15, -0.1) is 0 Å². The lowest BCUT2D eigenvalue weighted by Crippen LogP contribution is -2.06. The molecule has 0 bridgehead atoms. The summed E-state index contributed by atoms with van der Waals surface area (Å²) >= 11 is 0. The van der Waals surface area contributed by atoms with Crippen LogP contribution in [0.1, 0.15) is 5.56 Å². The summed E-state index contributed by atoms with van der Waals surface area (Å²) in [6.07, 6.45) is 0. The average molecular weight is 203 g/mol. The number of nitrogens with zero attached hydrogens (tertiary/aromatic N) is 1. The van der Waals surface area contributed by atoms with Crippen LogP contribution in [0, 0.1) is 0 Å². The number of esters is 1. The van der Waals surface area contributed by atoms with Crippen LogP contribution in [0.3, 0.4) is 0 Å². The number of aliphatic imine (C=N–C) groups is 1. The van der Waals surface area contributed by atoms with E-state index in [1.165, 1.54) is 0 Å². The van der Waals surface area contributed by atoms with Crippen molar-refractivity contribution in [1.82, 2.24) is 0 Å². The Bertz CT molecular complexity index is 463. The zero-order chi connectivity index (χ0) is 10.8. The second kappa shape index (κ2) is 3.57. The molecule has 0 unspecified atom stereocenters. The van der Waals surface area contributed by atoms with Crippen molar-refractivity contribution < 1.29 is 14.3 Å². The topological polar surface area (TPSA) is 47.9 Å². The standard InChI is InChI=1S/C11H9NO3/c1-7-11(13)15-10(12-7)8-5-3-4-6-9(8)14-2/h3-6H,1H2,2H3. The van der Waals surface area contributed by atoms with E-state index in [9.17, 15) is 4.79 Å². The molecular weight excluding hydrogens is 194 g/mol. The second-order valence-electron chi connectivity index (χ2n) is 2.95. The molecule has 0 atom stereocenters. The molecule has 0 N–H and O–H groups in total. The van der Waals surface area contributed by atoms with Gasteiger partial charge in [-0.2, -0.15) is 0 Å². The van der Waals surface area contributed by atoms with Gasteiger partial charge < -0.3 is 9.47 Å². The second-order valence-corrected chi connectivity index (χ2v) is 2.95. The van der Waals surface area contributed by atoms with Crippen molar-refractivity contribution in [3.63, 3.8) is 0 Å². The monoisotopic (exact) mass is 203 g/mol. The summed E-state index contributed by atoms with van der Waals surface area (Å²) in [6, 6.07) is 7.18. The highest BCUT2D eigenvalue weighted by molar-refractivity contribution is 6.11. The van der Waals surface area contributed by atoms with E-state index in [0.29, 0.717) is 11.3 Å². The average Bonchev–Trinajstić information content (AvgIpc) is 2.59. The third-order valence-electron chi connectivity index (χ3n) is 2.00. The van der Waals surface area contributed by atoms with Gasteiger partial charge in [-0.05, 0) is 12.1 Å².